The van der Waals surface area contributed by atoms with Gasteiger partial charge in [-0.3, -0.25) is 4.79 Å². The lowest BCUT2D eigenvalue weighted by molar-refractivity contribution is 0.102. The lowest BCUT2D eigenvalue weighted by Gasteiger charge is -2.22. The minimum absolute atomic E-state index is 0.0753. The fourth-order valence-electron chi connectivity index (χ4n) is 3.99. The van der Waals surface area contributed by atoms with E-state index in [0.717, 1.165) is 12.0 Å². The summed E-state index contributed by atoms with van der Waals surface area (Å²) in [5.74, 6) is -0.788. The second-order valence-electron chi connectivity index (χ2n) is 7.61. The van der Waals surface area contributed by atoms with Crippen molar-refractivity contribution in [3.05, 3.63) is 65.0 Å². The summed E-state index contributed by atoms with van der Waals surface area (Å²) < 4.78 is 15.1. The predicted octanol–water partition coefficient (Wildman–Crippen LogP) is 5.04. The summed E-state index contributed by atoms with van der Waals surface area (Å²) in [4.78, 5) is 12.5. The molecular formula is C20H22FNO. The minimum Gasteiger partial charge on any atom is -0.322 e. The molecule has 1 aliphatic rings. The quantitative estimate of drug-likeness (QED) is 0.827. The SMILES string of the molecule is CC1(C)CC(C)(C)c2c1ccc(C(=O)Nc1ccccc1)c2F. The molecule has 0 atom stereocenters. The van der Waals surface area contributed by atoms with Crippen LogP contribution in [0.3, 0.4) is 0 Å². The van der Waals surface area contributed by atoms with Gasteiger partial charge in [-0.05, 0) is 46.6 Å². The van der Waals surface area contributed by atoms with Crippen molar-refractivity contribution in [1.29, 1.82) is 0 Å². The van der Waals surface area contributed by atoms with Gasteiger partial charge < -0.3 is 5.32 Å². The van der Waals surface area contributed by atoms with Gasteiger partial charge in [-0.2, -0.15) is 0 Å². The van der Waals surface area contributed by atoms with Crippen LogP contribution in [0.1, 0.15) is 55.6 Å². The number of anilines is 1. The number of benzene rings is 2. The normalized spacial score (nSPS) is 17.6. The number of nitrogens with one attached hydrogen (secondary N) is 1. The largest absolute Gasteiger partial charge is 0.322 e. The molecule has 0 aliphatic heterocycles. The maximum absolute atomic E-state index is 15.1. The molecule has 0 unspecified atom stereocenters. The Morgan fingerprint density at radius 3 is 2.30 bits per heavy atom. The van der Waals surface area contributed by atoms with Crippen LogP contribution in [0, 0.1) is 5.82 Å². The lowest BCUT2D eigenvalue weighted by Crippen LogP contribution is -2.20. The molecule has 0 saturated heterocycles. The minimum atomic E-state index is -0.406. The van der Waals surface area contributed by atoms with E-state index in [1.54, 1.807) is 18.2 Å². The van der Waals surface area contributed by atoms with Gasteiger partial charge in [-0.15, -0.1) is 0 Å². The molecule has 1 amide bonds. The Labute approximate surface area is 136 Å². The van der Waals surface area contributed by atoms with E-state index in [1.165, 1.54) is 0 Å². The van der Waals surface area contributed by atoms with Crippen LogP contribution < -0.4 is 5.32 Å². The first kappa shape index (κ1) is 15.7. The number of carbonyl (C=O) groups excluding carboxylic acids is 1. The molecule has 0 radical (unpaired) electrons. The summed E-state index contributed by atoms with van der Waals surface area (Å²) in [5, 5.41) is 2.76. The molecule has 1 N–H and O–H groups in total. The molecule has 0 bridgehead atoms. The van der Waals surface area contributed by atoms with Crippen LogP contribution in [0.25, 0.3) is 0 Å². The Kier molecular flexibility index (Phi) is 3.55. The number of fused-ring (bicyclic) bond motifs is 1. The van der Waals surface area contributed by atoms with Crippen molar-refractivity contribution in [2.45, 2.75) is 44.9 Å². The van der Waals surface area contributed by atoms with Crippen LogP contribution in [-0.2, 0) is 10.8 Å². The molecule has 0 spiro atoms. The van der Waals surface area contributed by atoms with Crippen molar-refractivity contribution in [2.24, 2.45) is 0 Å². The van der Waals surface area contributed by atoms with Gasteiger partial charge in [0.1, 0.15) is 5.82 Å². The van der Waals surface area contributed by atoms with Gasteiger partial charge in [-0.25, -0.2) is 4.39 Å². The zero-order chi connectivity index (χ0) is 16.8. The van der Waals surface area contributed by atoms with Crippen LogP contribution in [0.4, 0.5) is 10.1 Å². The van der Waals surface area contributed by atoms with E-state index in [1.807, 2.05) is 38.1 Å². The number of hydrogen-bond acceptors (Lipinski definition) is 1. The smallest absolute Gasteiger partial charge is 0.258 e. The Balaban J connectivity index is 2.02. The van der Waals surface area contributed by atoms with Crippen LogP contribution in [0.15, 0.2) is 42.5 Å². The van der Waals surface area contributed by atoms with Crippen LogP contribution >= 0.6 is 0 Å². The average molecular weight is 311 g/mol. The van der Waals surface area contributed by atoms with Crippen molar-refractivity contribution in [3.8, 4) is 0 Å². The van der Waals surface area contributed by atoms with E-state index in [4.69, 9.17) is 0 Å². The molecule has 3 heteroatoms. The molecule has 1 aliphatic carbocycles. The number of rotatable bonds is 2. The third-order valence-corrected chi connectivity index (χ3v) is 4.71. The number of halogens is 1. The molecule has 3 rings (SSSR count). The van der Waals surface area contributed by atoms with Gasteiger partial charge in [-0.1, -0.05) is 52.0 Å². The fraction of sp³-hybridized carbons (Fsp3) is 0.350. The van der Waals surface area contributed by atoms with E-state index in [0.29, 0.717) is 11.3 Å². The van der Waals surface area contributed by atoms with Gasteiger partial charge in [0.15, 0.2) is 0 Å². The van der Waals surface area contributed by atoms with Gasteiger partial charge in [0, 0.05) is 5.69 Å². The second-order valence-corrected chi connectivity index (χ2v) is 7.61. The third-order valence-electron chi connectivity index (χ3n) is 4.71. The zero-order valence-corrected chi connectivity index (χ0v) is 14.0. The highest BCUT2D eigenvalue weighted by Crippen LogP contribution is 2.50. The monoisotopic (exact) mass is 311 g/mol. The maximum Gasteiger partial charge on any atom is 0.258 e. The first-order valence-electron chi connectivity index (χ1n) is 7.92. The Morgan fingerprint density at radius 1 is 1.00 bits per heavy atom. The Bertz CT molecular complexity index is 763. The highest BCUT2D eigenvalue weighted by molar-refractivity contribution is 6.04. The number of hydrogen-bond donors (Lipinski definition) is 1. The van der Waals surface area contributed by atoms with Gasteiger partial charge in [0.2, 0.25) is 0 Å². The van der Waals surface area contributed by atoms with Crippen molar-refractivity contribution < 1.29 is 9.18 Å². The first-order valence-corrected chi connectivity index (χ1v) is 7.92. The van der Waals surface area contributed by atoms with Gasteiger partial charge >= 0.3 is 0 Å². The highest BCUT2D eigenvalue weighted by Gasteiger charge is 2.44. The van der Waals surface area contributed by atoms with Gasteiger partial charge in [0.05, 0.1) is 5.56 Å². The van der Waals surface area contributed by atoms with E-state index in [2.05, 4.69) is 19.2 Å². The molecule has 0 aromatic heterocycles. The number of para-hydroxylation sites is 1. The Morgan fingerprint density at radius 2 is 1.65 bits per heavy atom. The van der Waals surface area contributed by atoms with Crippen LogP contribution in [-0.4, -0.2) is 5.91 Å². The zero-order valence-electron chi connectivity index (χ0n) is 14.0. The molecular weight excluding hydrogens is 289 g/mol. The van der Waals surface area contributed by atoms with E-state index >= 15 is 4.39 Å². The lowest BCUT2D eigenvalue weighted by atomic mass is 9.82. The summed E-state index contributed by atoms with van der Waals surface area (Å²) in [6.07, 6.45) is 0.871. The average Bonchev–Trinajstić information content (AvgIpc) is 2.65. The molecule has 0 fully saturated rings. The second kappa shape index (κ2) is 5.19. The number of amides is 1. The fourth-order valence-corrected chi connectivity index (χ4v) is 3.99. The molecule has 120 valence electrons. The van der Waals surface area contributed by atoms with Crippen molar-refractivity contribution in [2.75, 3.05) is 5.32 Å². The molecule has 2 aromatic carbocycles. The van der Waals surface area contributed by atoms with E-state index in [9.17, 15) is 4.79 Å². The predicted molar refractivity (Wildman–Crippen MR) is 91.5 cm³/mol. The van der Waals surface area contributed by atoms with E-state index < -0.39 is 5.91 Å². The standard InChI is InChI=1S/C20H22FNO/c1-19(2)12-20(3,4)16-15(19)11-10-14(17(16)21)18(23)22-13-8-6-5-7-9-13/h5-11H,12H2,1-4H3,(H,22,23). The maximum atomic E-state index is 15.1. The Hall–Kier alpha value is -2.16. The van der Waals surface area contributed by atoms with Crippen molar-refractivity contribution in [3.63, 3.8) is 0 Å². The topological polar surface area (TPSA) is 29.1 Å². The molecule has 23 heavy (non-hydrogen) atoms. The van der Waals surface area contributed by atoms with Crippen molar-refractivity contribution in [1.82, 2.24) is 0 Å². The van der Waals surface area contributed by atoms with Crippen molar-refractivity contribution >= 4 is 11.6 Å². The van der Waals surface area contributed by atoms with Crippen LogP contribution in [0.5, 0.6) is 0 Å². The third kappa shape index (κ3) is 2.65. The summed E-state index contributed by atoms with van der Waals surface area (Å²) in [6, 6.07) is 12.6. The highest BCUT2D eigenvalue weighted by atomic mass is 19.1. The van der Waals surface area contributed by atoms with Gasteiger partial charge in [0.25, 0.3) is 5.91 Å². The summed E-state index contributed by atoms with van der Waals surface area (Å²) in [6.45, 7) is 8.35. The first-order chi connectivity index (χ1) is 10.7. The number of carbonyl (C=O) groups is 1. The summed E-state index contributed by atoms with van der Waals surface area (Å²) in [5.41, 5.74) is 2.12. The van der Waals surface area contributed by atoms with Crippen LogP contribution in [0.2, 0.25) is 0 Å². The molecule has 2 nitrogen and oxygen atoms in total. The molecule has 0 saturated carbocycles. The summed E-state index contributed by atoms with van der Waals surface area (Å²) >= 11 is 0. The van der Waals surface area contributed by atoms with E-state index in [-0.39, 0.29) is 22.2 Å². The molecule has 0 heterocycles. The summed E-state index contributed by atoms with van der Waals surface area (Å²) in [7, 11) is 0. The molecule has 2 aromatic rings.